The van der Waals surface area contributed by atoms with Crippen LogP contribution in [-0.4, -0.2) is 45.8 Å². The van der Waals surface area contributed by atoms with Crippen LogP contribution in [-0.2, 0) is 0 Å². The van der Waals surface area contributed by atoms with E-state index in [2.05, 4.69) is 20.6 Å². The second kappa shape index (κ2) is 10.9. The predicted octanol–water partition coefficient (Wildman–Crippen LogP) is 5.64. The van der Waals surface area contributed by atoms with Gasteiger partial charge in [0.1, 0.15) is 0 Å². The number of hydrogen-bond acceptors (Lipinski definition) is 6. The first kappa shape index (κ1) is 24.0. The summed E-state index contributed by atoms with van der Waals surface area (Å²) >= 11 is 7.41. The van der Waals surface area contributed by atoms with E-state index in [4.69, 9.17) is 11.6 Å². The quantitative estimate of drug-likeness (QED) is 0.346. The minimum absolute atomic E-state index is 0.00873. The first-order valence-electron chi connectivity index (χ1n) is 11.6. The summed E-state index contributed by atoms with van der Waals surface area (Å²) in [6.07, 6.45) is 3.18. The van der Waals surface area contributed by atoms with E-state index in [0.717, 1.165) is 29.8 Å². The van der Waals surface area contributed by atoms with Crippen LogP contribution in [0.2, 0.25) is 5.02 Å². The number of benzene rings is 2. The normalized spacial score (nSPS) is 13.9. The van der Waals surface area contributed by atoms with Gasteiger partial charge in [-0.05, 0) is 66.8 Å². The summed E-state index contributed by atoms with van der Waals surface area (Å²) in [5.74, 6) is 0.416. The molecule has 2 aromatic carbocycles. The number of aromatic nitrogens is 2. The number of nitrogens with zero attached hydrogens (tertiary/aromatic N) is 3. The van der Waals surface area contributed by atoms with Crippen LogP contribution in [0.1, 0.15) is 32.9 Å². The van der Waals surface area contributed by atoms with Gasteiger partial charge in [0.15, 0.2) is 0 Å². The molecule has 7 nitrogen and oxygen atoms in total. The largest absolute Gasteiger partial charge is 0.348 e. The number of carbonyl (C=O) groups excluding carboxylic acids is 2. The van der Waals surface area contributed by atoms with Crippen molar-refractivity contribution in [1.29, 1.82) is 0 Å². The zero-order chi connectivity index (χ0) is 24.9. The van der Waals surface area contributed by atoms with Crippen LogP contribution in [0.5, 0.6) is 0 Å². The van der Waals surface area contributed by atoms with Crippen LogP contribution >= 0.6 is 22.9 Å². The molecule has 0 unspecified atom stereocenters. The fraction of sp³-hybridized carbons (Fsp3) is 0.185. The zero-order valence-corrected chi connectivity index (χ0v) is 20.9. The molecule has 0 saturated carbocycles. The molecule has 2 N–H and O–H groups in total. The number of carbonyl (C=O) groups is 2. The summed E-state index contributed by atoms with van der Waals surface area (Å²) in [7, 11) is 0. The third-order valence-corrected chi connectivity index (χ3v) is 7.17. The van der Waals surface area contributed by atoms with E-state index in [9.17, 15) is 9.59 Å². The van der Waals surface area contributed by atoms with Crippen LogP contribution < -0.4 is 10.6 Å². The van der Waals surface area contributed by atoms with E-state index >= 15 is 0 Å². The van der Waals surface area contributed by atoms with Crippen molar-refractivity contribution in [2.75, 3.05) is 18.4 Å². The number of hydrogen-bond donors (Lipinski definition) is 2. The van der Waals surface area contributed by atoms with Crippen molar-refractivity contribution in [3.8, 4) is 11.3 Å². The Kier molecular flexibility index (Phi) is 7.25. The number of amides is 2. The Morgan fingerprint density at radius 2 is 1.72 bits per heavy atom. The number of halogens is 1. The molecule has 3 heterocycles. The number of thiophene rings is 1. The van der Waals surface area contributed by atoms with Crippen LogP contribution in [0.4, 0.5) is 11.6 Å². The highest BCUT2D eigenvalue weighted by molar-refractivity contribution is 7.12. The molecule has 1 fully saturated rings. The van der Waals surface area contributed by atoms with Gasteiger partial charge in [0.05, 0.1) is 10.6 Å². The van der Waals surface area contributed by atoms with Gasteiger partial charge in [0.25, 0.3) is 11.8 Å². The van der Waals surface area contributed by atoms with Crippen molar-refractivity contribution in [2.24, 2.45) is 0 Å². The van der Waals surface area contributed by atoms with Crippen molar-refractivity contribution in [2.45, 2.75) is 18.9 Å². The molecule has 9 heteroatoms. The first-order valence-corrected chi connectivity index (χ1v) is 12.9. The molecule has 1 aliphatic heterocycles. The van der Waals surface area contributed by atoms with Crippen LogP contribution in [0.3, 0.4) is 0 Å². The van der Waals surface area contributed by atoms with Gasteiger partial charge in [-0.2, -0.15) is 0 Å². The number of likely N-dealkylation sites (tertiary alicyclic amines) is 1. The summed E-state index contributed by atoms with van der Waals surface area (Å²) in [5.41, 5.74) is 3.14. The van der Waals surface area contributed by atoms with Crippen molar-refractivity contribution in [1.82, 2.24) is 20.2 Å². The van der Waals surface area contributed by atoms with Gasteiger partial charge in [-0.25, -0.2) is 9.97 Å². The van der Waals surface area contributed by atoms with Crippen LogP contribution in [0.25, 0.3) is 11.3 Å². The lowest BCUT2D eigenvalue weighted by molar-refractivity contribution is 0.0698. The van der Waals surface area contributed by atoms with Crippen LogP contribution in [0, 0.1) is 0 Å². The van der Waals surface area contributed by atoms with Gasteiger partial charge in [-0.1, -0.05) is 29.8 Å². The molecule has 36 heavy (non-hydrogen) atoms. The molecule has 0 aliphatic carbocycles. The highest BCUT2D eigenvalue weighted by Crippen LogP contribution is 2.22. The average molecular weight is 518 g/mol. The second-order valence-electron chi connectivity index (χ2n) is 8.49. The topological polar surface area (TPSA) is 87.2 Å². The lowest BCUT2D eigenvalue weighted by Crippen LogP contribution is -2.46. The summed E-state index contributed by atoms with van der Waals surface area (Å²) in [5, 5.41) is 8.83. The molecule has 2 aromatic heterocycles. The highest BCUT2D eigenvalue weighted by atomic mass is 35.5. The Morgan fingerprint density at radius 3 is 2.42 bits per heavy atom. The maximum atomic E-state index is 13.0. The highest BCUT2D eigenvalue weighted by Gasteiger charge is 2.25. The Balaban J connectivity index is 1.16. The third-order valence-electron chi connectivity index (χ3n) is 6.05. The molecule has 0 spiro atoms. The molecule has 1 aliphatic rings. The van der Waals surface area contributed by atoms with Gasteiger partial charge in [-0.3, -0.25) is 9.59 Å². The average Bonchev–Trinajstić information content (AvgIpc) is 3.45. The minimum Gasteiger partial charge on any atom is -0.348 e. The number of rotatable bonds is 6. The van der Waals surface area contributed by atoms with Crippen molar-refractivity contribution in [3.05, 3.63) is 93.8 Å². The molecule has 0 atom stereocenters. The second-order valence-corrected chi connectivity index (χ2v) is 9.88. The van der Waals surface area contributed by atoms with E-state index in [1.807, 2.05) is 64.9 Å². The molecule has 0 bridgehead atoms. The van der Waals surface area contributed by atoms with E-state index in [0.29, 0.717) is 34.5 Å². The summed E-state index contributed by atoms with van der Waals surface area (Å²) < 4.78 is 0. The predicted molar refractivity (Wildman–Crippen MR) is 143 cm³/mol. The number of piperidine rings is 1. The van der Waals surface area contributed by atoms with Gasteiger partial charge in [0, 0.05) is 47.2 Å². The minimum atomic E-state index is -0.0412. The summed E-state index contributed by atoms with van der Waals surface area (Å²) in [6, 6.07) is 20.4. The monoisotopic (exact) mass is 517 g/mol. The van der Waals surface area contributed by atoms with E-state index in [-0.39, 0.29) is 17.9 Å². The molecule has 2 amide bonds. The Morgan fingerprint density at radius 1 is 0.972 bits per heavy atom. The van der Waals surface area contributed by atoms with Crippen molar-refractivity contribution in [3.63, 3.8) is 0 Å². The first-order chi connectivity index (χ1) is 17.5. The molecule has 4 aromatic rings. The Labute approximate surface area is 218 Å². The molecular weight excluding hydrogens is 494 g/mol. The van der Waals surface area contributed by atoms with Crippen molar-refractivity contribution < 1.29 is 9.59 Å². The van der Waals surface area contributed by atoms with Crippen LogP contribution in [0.15, 0.2) is 78.3 Å². The Hall–Kier alpha value is -3.75. The lowest BCUT2D eigenvalue weighted by Gasteiger charge is -2.32. The smallest absolute Gasteiger partial charge is 0.261 e. The van der Waals surface area contributed by atoms with Crippen molar-refractivity contribution >= 4 is 46.4 Å². The molecule has 5 rings (SSSR count). The van der Waals surface area contributed by atoms with Gasteiger partial charge in [-0.15, -0.1) is 11.3 Å². The van der Waals surface area contributed by atoms with Gasteiger partial charge in [0.2, 0.25) is 5.95 Å². The summed E-state index contributed by atoms with van der Waals surface area (Å²) in [6.45, 7) is 1.22. The molecular formula is C27H24ClN5O2S. The van der Waals surface area contributed by atoms with E-state index in [1.165, 1.54) is 11.3 Å². The van der Waals surface area contributed by atoms with Gasteiger partial charge >= 0.3 is 0 Å². The standard InChI is InChI=1S/C27H24ClN5O2S/c28-20-7-3-18(4-8-20)23-11-14-29-27(32-23)31-21-9-5-19(6-10-21)26(35)33-15-12-22(13-16-33)30-25(34)24-2-1-17-36-24/h1-11,14,17,22H,12-13,15-16H2,(H,30,34)(H,29,31,32). The van der Waals surface area contributed by atoms with Gasteiger partial charge < -0.3 is 15.5 Å². The lowest BCUT2D eigenvalue weighted by atomic mass is 10.0. The van der Waals surface area contributed by atoms with E-state index < -0.39 is 0 Å². The fourth-order valence-electron chi connectivity index (χ4n) is 4.10. The Bertz CT molecular complexity index is 1340. The fourth-order valence-corrected chi connectivity index (χ4v) is 4.85. The molecule has 182 valence electrons. The zero-order valence-electron chi connectivity index (χ0n) is 19.4. The third kappa shape index (κ3) is 5.72. The SMILES string of the molecule is O=C(NC1CCN(C(=O)c2ccc(Nc3nccc(-c4ccc(Cl)cc4)n3)cc2)CC1)c1cccs1. The number of anilines is 2. The van der Waals surface area contributed by atoms with E-state index in [1.54, 1.807) is 18.3 Å². The maximum Gasteiger partial charge on any atom is 0.261 e. The number of nitrogens with one attached hydrogen (secondary N) is 2. The maximum absolute atomic E-state index is 13.0. The summed E-state index contributed by atoms with van der Waals surface area (Å²) in [4.78, 5) is 36.7. The molecule has 0 radical (unpaired) electrons. The molecule has 1 saturated heterocycles.